The summed E-state index contributed by atoms with van der Waals surface area (Å²) in [4.78, 5) is 55.1. The van der Waals surface area contributed by atoms with Crippen LogP contribution in [0.15, 0.2) is 108 Å². The average Bonchev–Trinajstić information content (AvgIpc) is 3.62. The molecule has 8 heteroatoms. The summed E-state index contributed by atoms with van der Waals surface area (Å²) in [6, 6.07) is 32.1. The molecule has 1 aromatic heterocycles. The van der Waals surface area contributed by atoms with Crippen molar-refractivity contribution in [3.05, 3.63) is 125 Å². The van der Waals surface area contributed by atoms with E-state index in [-0.39, 0.29) is 29.7 Å². The van der Waals surface area contributed by atoms with Crippen LogP contribution in [0.3, 0.4) is 0 Å². The van der Waals surface area contributed by atoms with Crippen molar-refractivity contribution in [2.75, 3.05) is 5.32 Å². The number of hydrogen-bond acceptors (Lipinski definition) is 6. The first-order chi connectivity index (χ1) is 22.0. The van der Waals surface area contributed by atoms with Gasteiger partial charge in [-0.3, -0.25) is 14.4 Å². The summed E-state index contributed by atoms with van der Waals surface area (Å²) in [7, 11) is 0. The van der Waals surface area contributed by atoms with E-state index in [0.29, 0.717) is 17.2 Å². The van der Waals surface area contributed by atoms with Crippen molar-refractivity contribution in [3.63, 3.8) is 0 Å². The third-order valence-corrected chi connectivity index (χ3v) is 8.17. The molecule has 46 heavy (non-hydrogen) atoms. The fourth-order valence-electron chi connectivity index (χ4n) is 5.45. The molecule has 5 aromatic rings. The highest BCUT2D eigenvalue weighted by Gasteiger charge is 2.33. The smallest absolute Gasteiger partial charge is 0.363 e. The lowest BCUT2D eigenvalue weighted by atomic mass is 9.84. The van der Waals surface area contributed by atoms with E-state index in [1.165, 1.54) is 0 Å². The molecule has 8 nitrogen and oxygen atoms in total. The second-order valence-corrected chi connectivity index (χ2v) is 12.5. The summed E-state index contributed by atoms with van der Waals surface area (Å²) in [6.07, 6.45) is 0.420. The third-order valence-electron chi connectivity index (χ3n) is 8.17. The number of para-hydroxylation sites is 1. The Balaban J connectivity index is 1.20. The van der Waals surface area contributed by atoms with Gasteiger partial charge in [0.05, 0.1) is 11.5 Å². The second kappa shape index (κ2) is 12.5. The van der Waals surface area contributed by atoms with Gasteiger partial charge < -0.3 is 14.6 Å². The van der Waals surface area contributed by atoms with Crippen LogP contribution < -0.4 is 5.32 Å². The molecule has 232 valence electrons. The van der Waals surface area contributed by atoms with Crippen LogP contribution in [-0.4, -0.2) is 28.8 Å². The van der Waals surface area contributed by atoms with Crippen LogP contribution in [0.25, 0.3) is 22.3 Å². The summed E-state index contributed by atoms with van der Waals surface area (Å²) < 4.78 is 5.99. The molecule has 0 spiro atoms. The van der Waals surface area contributed by atoms with Gasteiger partial charge in [0, 0.05) is 29.5 Å². The molecule has 0 saturated carbocycles. The zero-order chi connectivity index (χ0) is 32.4. The Morgan fingerprint density at radius 2 is 1.50 bits per heavy atom. The number of rotatable bonds is 8. The Hall–Kier alpha value is -5.50. The number of carbonyl (C=O) groups is 4. The van der Waals surface area contributed by atoms with Crippen molar-refractivity contribution >= 4 is 40.3 Å². The van der Waals surface area contributed by atoms with Crippen molar-refractivity contribution in [2.24, 2.45) is 0 Å². The standard InChI is InChI=1S/C38H34N2O6/c1-38(2,3)29-16-12-25(13-17-29)31(22-24-8-10-27(11-9-24)37(44)46-40-34(41)20-21-35(40)42)36(43)39-30-18-14-26(15-19-30)33-23-28-6-4-5-7-32(28)45-33/h4-19,23,31H,20-22H2,1-3H3,(H,39,43). The van der Waals surface area contributed by atoms with Crippen LogP contribution in [-0.2, 0) is 31.1 Å². The Bertz CT molecular complexity index is 1870. The number of amides is 3. The zero-order valence-corrected chi connectivity index (χ0v) is 25.9. The lowest BCUT2D eigenvalue weighted by molar-refractivity contribution is -0.172. The molecular weight excluding hydrogens is 580 g/mol. The third kappa shape index (κ3) is 6.61. The molecule has 6 rings (SSSR count). The molecule has 1 aliphatic heterocycles. The van der Waals surface area contributed by atoms with E-state index < -0.39 is 23.7 Å². The van der Waals surface area contributed by atoms with E-state index in [1.54, 1.807) is 24.3 Å². The Morgan fingerprint density at radius 3 is 2.13 bits per heavy atom. The van der Waals surface area contributed by atoms with Gasteiger partial charge in [-0.1, -0.05) is 75.4 Å². The van der Waals surface area contributed by atoms with Crippen molar-refractivity contribution in [1.82, 2.24) is 5.06 Å². The maximum Gasteiger partial charge on any atom is 0.363 e. The van der Waals surface area contributed by atoms with Crippen LogP contribution in [0.2, 0.25) is 0 Å². The minimum Gasteiger partial charge on any atom is -0.456 e. The number of carbonyl (C=O) groups excluding carboxylic acids is 4. The summed E-state index contributed by atoms with van der Waals surface area (Å²) in [6.45, 7) is 6.43. The number of nitrogens with zero attached hydrogens (tertiary/aromatic N) is 1. The zero-order valence-electron chi connectivity index (χ0n) is 25.9. The number of hydroxylamine groups is 2. The minimum absolute atomic E-state index is 0.0245. The van der Waals surface area contributed by atoms with Gasteiger partial charge in [-0.25, -0.2) is 4.79 Å². The van der Waals surface area contributed by atoms with Crippen molar-refractivity contribution in [2.45, 2.75) is 51.4 Å². The van der Waals surface area contributed by atoms with Gasteiger partial charge >= 0.3 is 5.97 Å². The average molecular weight is 615 g/mol. The summed E-state index contributed by atoms with van der Waals surface area (Å²) in [5, 5.41) is 4.63. The molecule has 0 aliphatic carbocycles. The van der Waals surface area contributed by atoms with Gasteiger partial charge in [0.2, 0.25) is 5.91 Å². The van der Waals surface area contributed by atoms with Crippen LogP contribution >= 0.6 is 0 Å². The first kappa shape index (κ1) is 30.5. The number of anilines is 1. The van der Waals surface area contributed by atoms with Gasteiger partial charge in [-0.05, 0) is 77.1 Å². The molecule has 3 amide bonds. The van der Waals surface area contributed by atoms with E-state index in [1.807, 2.05) is 66.7 Å². The first-order valence-electron chi connectivity index (χ1n) is 15.2. The predicted molar refractivity (Wildman–Crippen MR) is 175 cm³/mol. The minimum atomic E-state index is -0.798. The Morgan fingerprint density at radius 1 is 0.848 bits per heavy atom. The van der Waals surface area contributed by atoms with Gasteiger partial charge in [0.25, 0.3) is 11.8 Å². The topological polar surface area (TPSA) is 106 Å². The van der Waals surface area contributed by atoms with Gasteiger partial charge in [-0.2, -0.15) is 0 Å². The molecular formula is C38H34N2O6. The van der Waals surface area contributed by atoms with Crippen molar-refractivity contribution in [1.29, 1.82) is 0 Å². The number of fused-ring (bicyclic) bond motifs is 1. The molecule has 2 heterocycles. The maximum atomic E-state index is 13.8. The SMILES string of the molecule is CC(C)(C)c1ccc(C(Cc2ccc(C(=O)ON3C(=O)CCC3=O)cc2)C(=O)Nc2ccc(-c3cc4ccccc4o3)cc2)cc1. The van der Waals surface area contributed by atoms with E-state index >= 15 is 0 Å². The van der Waals surface area contributed by atoms with Crippen molar-refractivity contribution in [3.8, 4) is 11.3 Å². The van der Waals surface area contributed by atoms with Crippen LogP contribution in [0.1, 0.15) is 66.6 Å². The molecule has 1 unspecified atom stereocenters. The first-order valence-corrected chi connectivity index (χ1v) is 15.2. The van der Waals surface area contributed by atoms with Crippen LogP contribution in [0, 0.1) is 0 Å². The second-order valence-electron chi connectivity index (χ2n) is 12.5. The molecule has 1 saturated heterocycles. The lowest BCUT2D eigenvalue weighted by Crippen LogP contribution is -2.32. The van der Waals surface area contributed by atoms with E-state index in [2.05, 4.69) is 38.2 Å². The number of nitrogens with one attached hydrogen (secondary N) is 1. The molecule has 0 radical (unpaired) electrons. The van der Waals surface area contributed by atoms with E-state index in [4.69, 9.17) is 9.25 Å². The molecule has 1 N–H and O–H groups in total. The number of furan rings is 1. The monoisotopic (exact) mass is 614 g/mol. The number of hydrogen-bond donors (Lipinski definition) is 1. The highest BCUT2D eigenvalue weighted by atomic mass is 16.7. The van der Waals surface area contributed by atoms with Gasteiger partial charge in [0.15, 0.2) is 0 Å². The van der Waals surface area contributed by atoms with Crippen LogP contribution in [0.5, 0.6) is 0 Å². The van der Waals surface area contributed by atoms with Crippen molar-refractivity contribution < 1.29 is 28.4 Å². The maximum absolute atomic E-state index is 13.8. The largest absolute Gasteiger partial charge is 0.456 e. The normalized spacial score (nSPS) is 14.0. The predicted octanol–water partition coefficient (Wildman–Crippen LogP) is 7.58. The number of imide groups is 1. The highest BCUT2D eigenvalue weighted by molar-refractivity contribution is 6.02. The van der Waals surface area contributed by atoms with E-state index in [0.717, 1.165) is 39.0 Å². The molecule has 1 aliphatic rings. The van der Waals surface area contributed by atoms with E-state index in [9.17, 15) is 19.2 Å². The van der Waals surface area contributed by atoms with Gasteiger partial charge in [0.1, 0.15) is 11.3 Å². The summed E-state index contributed by atoms with van der Waals surface area (Å²) in [5.74, 6) is -1.82. The molecule has 1 fully saturated rings. The molecule has 1 atom stereocenters. The summed E-state index contributed by atoms with van der Waals surface area (Å²) in [5.41, 5.74) is 5.38. The highest BCUT2D eigenvalue weighted by Crippen LogP contribution is 2.30. The Kier molecular flexibility index (Phi) is 8.28. The van der Waals surface area contributed by atoms with Crippen LogP contribution in [0.4, 0.5) is 5.69 Å². The number of benzene rings is 4. The lowest BCUT2D eigenvalue weighted by Gasteiger charge is -2.22. The molecule has 4 aromatic carbocycles. The fourth-order valence-corrected chi connectivity index (χ4v) is 5.45. The fraction of sp³-hybridized carbons (Fsp3) is 0.211. The molecule has 0 bridgehead atoms. The van der Waals surface area contributed by atoms with Gasteiger partial charge in [-0.15, -0.1) is 5.06 Å². The quantitative estimate of drug-likeness (QED) is 0.181. The Labute approximate surface area is 266 Å². The summed E-state index contributed by atoms with van der Waals surface area (Å²) >= 11 is 0.